The van der Waals surface area contributed by atoms with E-state index in [9.17, 15) is 13.2 Å². The minimum Gasteiger partial charge on any atom is -0.332 e. The lowest BCUT2D eigenvalue weighted by molar-refractivity contribution is 0.0743. The molecule has 0 radical (unpaired) electrons. The zero-order chi connectivity index (χ0) is 17.5. The van der Waals surface area contributed by atoms with E-state index in [4.69, 9.17) is 5.14 Å². The number of para-hydroxylation sites is 1. The highest BCUT2D eigenvalue weighted by molar-refractivity contribution is 7.91. The van der Waals surface area contributed by atoms with Crippen molar-refractivity contribution in [2.45, 2.75) is 17.2 Å². The number of benzene rings is 1. The highest BCUT2D eigenvalue weighted by atomic mass is 32.2. The minimum absolute atomic E-state index is 0.0214. The van der Waals surface area contributed by atoms with Crippen LogP contribution in [0.1, 0.15) is 28.3 Å². The molecule has 1 atom stereocenters. The molecule has 1 unspecified atom stereocenters. The average Bonchev–Trinajstić information content (AvgIpc) is 3.18. The third-order valence-corrected chi connectivity index (χ3v) is 7.26. The first-order valence-electron chi connectivity index (χ1n) is 7.01. The summed E-state index contributed by atoms with van der Waals surface area (Å²) in [6.07, 6.45) is 0. The van der Waals surface area contributed by atoms with Crippen LogP contribution in [0.4, 0.5) is 0 Å². The second-order valence-corrected chi connectivity index (χ2v) is 9.07. The molecule has 0 spiro atoms. The van der Waals surface area contributed by atoms with Gasteiger partial charge in [-0.25, -0.2) is 18.5 Å². The standard InChI is InChI=1S/C15H15N3O3S3/c1-9(14-17-11-5-3-4-6-12(11)23-14)18(2)15(19)10-7-13(22-8-10)24(16,20)21/h3-9H,1-2H3,(H2,16,20,21). The summed E-state index contributed by atoms with van der Waals surface area (Å²) in [7, 11) is -2.12. The van der Waals surface area contributed by atoms with E-state index in [0.29, 0.717) is 5.56 Å². The highest BCUT2D eigenvalue weighted by Crippen LogP contribution is 2.30. The molecule has 0 aliphatic rings. The molecule has 0 saturated carbocycles. The Hall–Kier alpha value is -1.81. The molecule has 2 N–H and O–H groups in total. The molecule has 0 fully saturated rings. The number of carbonyl (C=O) groups excluding carboxylic acids is 1. The van der Waals surface area contributed by atoms with E-state index in [1.165, 1.54) is 22.8 Å². The molecule has 2 aromatic heterocycles. The normalized spacial score (nSPS) is 13.1. The summed E-state index contributed by atoms with van der Waals surface area (Å²) in [6.45, 7) is 1.89. The molecule has 1 amide bonds. The summed E-state index contributed by atoms with van der Waals surface area (Å²) in [6, 6.07) is 8.87. The van der Waals surface area contributed by atoms with Crippen molar-refractivity contribution in [3.05, 3.63) is 46.3 Å². The quantitative estimate of drug-likeness (QED) is 0.752. The first-order chi connectivity index (χ1) is 11.3. The lowest BCUT2D eigenvalue weighted by atomic mass is 10.2. The number of carbonyl (C=O) groups is 1. The number of rotatable bonds is 4. The van der Waals surface area contributed by atoms with Crippen molar-refractivity contribution >= 4 is 48.8 Å². The smallest absolute Gasteiger partial charge is 0.255 e. The van der Waals surface area contributed by atoms with Crippen LogP contribution in [-0.2, 0) is 10.0 Å². The Morgan fingerprint density at radius 1 is 1.33 bits per heavy atom. The first-order valence-corrected chi connectivity index (χ1v) is 10.3. The zero-order valence-electron chi connectivity index (χ0n) is 13.0. The van der Waals surface area contributed by atoms with Crippen LogP contribution in [0.2, 0.25) is 0 Å². The number of primary sulfonamides is 1. The molecule has 0 saturated heterocycles. The number of amides is 1. The van der Waals surface area contributed by atoms with Crippen molar-refractivity contribution in [3.8, 4) is 0 Å². The number of fused-ring (bicyclic) bond motifs is 1. The lowest BCUT2D eigenvalue weighted by Gasteiger charge is -2.22. The molecular weight excluding hydrogens is 366 g/mol. The van der Waals surface area contributed by atoms with E-state index in [1.807, 2.05) is 31.2 Å². The molecule has 0 aliphatic heterocycles. The van der Waals surface area contributed by atoms with Gasteiger partial charge in [0.1, 0.15) is 9.22 Å². The fourth-order valence-electron chi connectivity index (χ4n) is 2.19. The van der Waals surface area contributed by atoms with Crippen LogP contribution in [0.3, 0.4) is 0 Å². The Morgan fingerprint density at radius 2 is 2.04 bits per heavy atom. The van der Waals surface area contributed by atoms with Crippen molar-refractivity contribution < 1.29 is 13.2 Å². The third-order valence-electron chi connectivity index (χ3n) is 3.67. The van der Waals surface area contributed by atoms with Gasteiger partial charge < -0.3 is 4.90 Å². The molecule has 0 bridgehead atoms. The number of nitrogens with two attached hydrogens (primary N) is 1. The number of thiophene rings is 1. The van der Waals surface area contributed by atoms with Crippen LogP contribution in [0.5, 0.6) is 0 Å². The second-order valence-electron chi connectivity index (χ2n) is 5.31. The number of nitrogens with zero attached hydrogens (tertiary/aromatic N) is 2. The molecule has 3 rings (SSSR count). The Bertz CT molecular complexity index is 974. The third kappa shape index (κ3) is 3.20. The van der Waals surface area contributed by atoms with E-state index in [-0.39, 0.29) is 16.2 Å². The molecule has 24 heavy (non-hydrogen) atoms. The van der Waals surface area contributed by atoms with Gasteiger partial charge in [-0.1, -0.05) is 12.1 Å². The lowest BCUT2D eigenvalue weighted by Crippen LogP contribution is -2.29. The largest absolute Gasteiger partial charge is 0.332 e. The summed E-state index contributed by atoms with van der Waals surface area (Å²) in [4.78, 5) is 18.7. The van der Waals surface area contributed by atoms with Crippen molar-refractivity contribution in [3.63, 3.8) is 0 Å². The SMILES string of the molecule is CC(c1nc2ccccc2s1)N(C)C(=O)c1csc(S(N)(=O)=O)c1. The summed E-state index contributed by atoms with van der Waals surface area (Å²) >= 11 is 2.48. The van der Waals surface area contributed by atoms with Gasteiger partial charge in [0, 0.05) is 12.4 Å². The molecule has 2 heterocycles. The molecule has 9 heteroatoms. The van der Waals surface area contributed by atoms with E-state index in [0.717, 1.165) is 26.6 Å². The maximum absolute atomic E-state index is 12.6. The number of hydrogen-bond acceptors (Lipinski definition) is 6. The van der Waals surface area contributed by atoms with E-state index >= 15 is 0 Å². The number of thiazole rings is 1. The molecule has 3 aromatic rings. The van der Waals surface area contributed by atoms with E-state index in [1.54, 1.807) is 11.9 Å². The zero-order valence-corrected chi connectivity index (χ0v) is 15.4. The van der Waals surface area contributed by atoms with Gasteiger partial charge in [0.2, 0.25) is 10.0 Å². The minimum atomic E-state index is -3.79. The maximum Gasteiger partial charge on any atom is 0.255 e. The van der Waals surface area contributed by atoms with Gasteiger partial charge >= 0.3 is 0 Å². The fraction of sp³-hybridized carbons (Fsp3) is 0.200. The summed E-state index contributed by atoms with van der Waals surface area (Å²) in [5.41, 5.74) is 1.21. The van der Waals surface area contributed by atoms with Crippen molar-refractivity contribution in [2.75, 3.05) is 7.05 Å². The van der Waals surface area contributed by atoms with Crippen molar-refractivity contribution in [1.82, 2.24) is 9.88 Å². The number of aromatic nitrogens is 1. The molecule has 126 valence electrons. The van der Waals surface area contributed by atoms with Gasteiger partial charge in [0.05, 0.1) is 21.8 Å². The Balaban J connectivity index is 1.85. The molecule has 0 aliphatic carbocycles. The van der Waals surface area contributed by atoms with E-state index in [2.05, 4.69) is 4.98 Å². The predicted octanol–water partition coefficient (Wildman–Crippen LogP) is 2.84. The topological polar surface area (TPSA) is 93.4 Å². The number of sulfonamides is 1. The van der Waals surface area contributed by atoms with Gasteiger partial charge in [0.25, 0.3) is 5.91 Å². The van der Waals surface area contributed by atoms with Gasteiger partial charge in [-0.15, -0.1) is 22.7 Å². The number of hydrogen-bond donors (Lipinski definition) is 1. The molecule has 1 aromatic carbocycles. The van der Waals surface area contributed by atoms with Crippen LogP contribution in [0.15, 0.2) is 39.9 Å². The first kappa shape index (κ1) is 17.0. The van der Waals surface area contributed by atoms with Gasteiger partial charge in [0.15, 0.2) is 0 Å². The van der Waals surface area contributed by atoms with Gasteiger partial charge in [-0.3, -0.25) is 4.79 Å². The maximum atomic E-state index is 12.6. The fourth-order valence-corrected chi connectivity index (χ4v) is 4.83. The van der Waals surface area contributed by atoms with Crippen LogP contribution >= 0.6 is 22.7 Å². The van der Waals surface area contributed by atoms with Crippen molar-refractivity contribution in [2.24, 2.45) is 5.14 Å². The van der Waals surface area contributed by atoms with E-state index < -0.39 is 10.0 Å². The average molecular weight is 382 g/mol. The summed E-state index contributed by atoms with van der Waals surface area (Å²) in [5, 5.41) is 7.42. The predicted molar refractivity (Wildman–Crippen MR) is 95.8 cm³/mol. The van der Waals surface area contributed by atoms with Crippen molar-refractivity contribution in [1.29, 1.82) is 0 Å². The molecule has 6 nitrogen and oxygen atoms in total. The Kier molecular flexibility index (Phi) is 4.43. The van der Waals surface area contributed by atoms with Crippen LogP contribution in [0.25, 0.3) is 10.2 Å². The van der Waals surface area contributed by atoms with Crippen LogP contribution in [-0.4, -0.2) is 31.3 Å². The van der Waals surface area contributed by atoms with Crippen LogP contribution < -0.4 is 5.14 Å². The Morgan fingerprint density at radius 3 is 2.67 bits per heavy atom. The monoisotopic (exact) mass is 381 g/mol. The second kappa shape index (κ2) is 6.25. The summed E-state index contributed by atoms with van der Waals surface area (Å²) < 4.78 is 23.7. The van der Waals surface area contributed by atoms with Crippen LogP contribution in [0, 0.1) is 0 Å². The highest BCUT2D eigenvalue weighted by Gasteiger charge is 2.24. The summed E-state index contributed by atoms with van der Waals surface area (Å²) in [5.74, 6) is -0.270. The van der Waals surface area contributed by atoms with Gasteiger partial charge in [-0.2, -0.15) is 0 Å². The Labute approximate surface area is 147 Å². The molecular formula is C15H15N3O3S3. The van der Waals surface area contributed by atoms with Gasteiger partial charge in [-0.05, 0) is 25.1 Å².